The Hall–Kier alpha value is -2.69. The molecule has 0 radical (unpaired) electrons. The van der Waals surface area contributed by atoms with Crippen molar-refractivity contribution < 1.29 is 19.0 Å². The van der Waals surface area contributed by atoms with Crippen LogP contribution in [0.2, 0.25) is 0 Å². The largest absolute Gasteiger partial charge is 0.493 e. The minimum atomic E-state index is -0.118. The highest BCUT2D eigenvalue weighted by Gasteiger charge is 2.22. The normalized spacial score (nSPS) is 15.0. The van der Waals surface area contributed by atoms with Crippen molar-refractivity contribution in [2.45, 2.75) is 46.6 Å². The second-order valence-electron chi connectivity index (χ2n) is 6.94. The van der Waals surface area contributed by atoms with Crippen molar-refractivity contribution in [2.75, 3.05) is 18.5 Å². The van der Waals surface area contributed by atoms with Crippen LogP contribution in [0.3, 0.4) is 0 Å². The van der Waals surface area contributed by atoms with Crippen molar-refractivity contribution >= 4 is 11.6 Å². The van der Waals surface area contributed by atoms with E-state index in [1.807, 2.05) is 58.0 Å². The van der Waals surface area contributed by atoms with Crippen LogP contribution < -0.4 is 19.5 Å². The summed E-state index contributed by atoms with van der Waals surface area (Å²) in [5.74, 6) is 2.19. The molecule has 5 nitrogen and oxygen atoms in total. The van der Waals surface area contributed by atoms with Gasteiger partial charge in [0.1, 0.15) is 23.4 Å². The lowest BCUT2D eigenvalue weighted by molar-refractivity contribution is -0.116. The number of nitrogens with one attached hydrogen (secondary N) is 1. The Kier molecular flexibility index (Phi) is 5.89. The monoisotopic (exact) mass is 369 g/mol. The zero-order chi connectivity index (χ0) is 19.4. The molecule has 0 saturated heterocycles. The average molecular weight is 369 g/mol. The molecule has 144 valence electrons. The third-order valence-corrected chi connectivity index (χ3v) is 4.50. The summed E-state index contributed by atoms with van der Waals surface area (Å²) in [6.45, 7) is 8.82. The Balaban J connectivity index is 1.62. The zero-order valence-corrected chi connectivity index (χ0v) is 16.4. The van der Waals surface area contributed by atoms with Crippen LogP contribution in [0.4, 0.5) is 5.69 Å². The highest BCUT2D eigenvalue weighted by molar-refractivity contribution is 5.92. The topological polar surface area (TPSA) is 56.8 Å². The fourth-order valence-electron chi connectivity index (χ4n) is 3.14. The van der Waals surface area contributed by atoms with E-state index in [1.165, 1.54) is 0 Å². The molecule has 1 heterocycles. The molecule has 0 aromatic heterocycles. The molecule has 1 N–H and O–H groups in total. The Bertz CT molecular complexity index is 831. The molecule has 0 bridgehead atoms. The van der Waals surface area contributed by atoms with E-state index < -0.39 is 0 Å². The van der Waals surface area contributed by atoms with E-state index in [0.717, 1.165) is 34.6 Å². The van der Waals surface area contributed by atoms with Crippen LogP contribution in [0.5, 0.6) is 17.2 Å². The lowest BCUT2D eigenvalue weighted by atomic mass is 10.1. The minimum Gasteiger partial charge on any atom is -0.493 e. The summed E-state index contributed by atoms with van der Waals surface area (Å²) in [6.07, 6.45) is 1.26. The van der Waals surface area contributed by atoms with Gasteiger partial charge < -0.3 is 19.5 Å². The molecule has 2 aromatic carbocycles. The fraction of sp³-hybridized carbons (Fsp3) is 0.409. The highest BCUT2D eigenvalue weighted by Crippen LogP contribution is 2.38. The fourth-order valence-corrected chi connectivity index (χ4v) is 3.14. The van der Waals surface area contributed by atoms with Crippen LogP contribution in [0, 0.1) is 13.8 Å². The van der Waals surface area contributed by atoms with E-state index >= 15 is 0 Å². The molecule has 3 rings (SSSR count). The first-order valence-electron chi connectivity index (χ1n) is 9.42. The first-order chi connectivity index (χ1) is 13.0. The van der Waals surface area contributed by atoms with Crippen molar-refractivity contribution in [1.82, 2.24) is 0 Å². The van der Waals surface area contributed by atoms with E-state index in [4.69, 9.17) is 14.2 Å². The van der Waals surface area contributed by atoms with E-state index in [1.54, 1.807) is 0 Å². The summed E-state index contributed by atoms with van der Waals surface area (Å²) in [4.78, 5) is 12.4. The number of hydrogen-bond acceptors (Lipinski definition) is 4. The first kappa shape index (κ1) is 19.1. The van der Waals surface area contributed by atoms with Crippen molar-refractivity contribution in [3.05, 3.63) is 47.0 Å². The number of ether oxygens (including phenoxy) is 3. The van der Waals surface area contributed by atoms with E-state index in [2.05, 4.69) is 5.32 Å². The van der Waals surface area contributed by atoms with E-state index in [0.29, 0.717) is 24.7 Å². The Morgan fingerprint density at radius 2 is 2.00 bits per heavy atom. The molecule has 1 amide bonds. The van der Waals surface area contributed by atoms with Gasteiger partial charge in [-0.05, 0) is 51.0 Å². The summed E-state index contributed by atoms with van der Waals surface area (Å²) in [5.41, 5.74) is 3.95. The second-order valence-corrected chi connectivity index (χ2v) is 6.94. The number of anilines is 1. The Morgan fingerprint density at radius 3 is 2.78 bits per heavy atom. The van der Waals surface area contributed by atoms with Crippen molar-refractivity contribution in [1.29, 1.82) is 0 Å². The van der Waals surface area contributed by atoms with Gasteiger partial charge in [-0.1, -0.05) is 12.1 Å². The number of carbonyl (C=O) groups is 1. The van der Waals surface area contributed by atoms with Crippen LogP contribution in [0.15, 0.2) is 30.3 Å². The van der Waals surface area contributed by atoms with Gasteiger partial charge in [0.2, 0.25) is 5.91 Å². The minimum absolute atomic E-state index is 0.118. The van der Waals surface area contributed by atoms with Crippen LogP contribution in [0.25, 0.3) is 0 Å². The standard InChI is InChI=1S/C22H27NO4/c1-5-25-21-12-17-11-16(4)27-20(17)13-18(21)23-22(24)8-9-26-19-10-14(2)6-7-15(19)3/h6-7,10,12-13,16H,5,8-9,11H2,1-4H3,(H,23,24). The van der Waals surface area contributed by atoms with Crippen LogP contribution in [-0.2, 0) is 11.2 Å². The van der Waals surface area contributed by atoms with Gasteiger partial charge in [0, 0.05) is 18.1 Å². The number of hydrogen-bond donors (Lipinski definition) is 1. The van der Waals surface area contributed by atoms with Gasteiger partial charge in [0.05, 0.1) is 25.3 Å². The maximum absolute atomic E-state index is 12.4. The van der Waals surface area contributed by atoms with Gasteiger partial charge in [0.25, 0.3) is 0 Å². The summed E-state index contributed by atoms with van der Waals surface area (Å²) in [6, 6.07) is 9.86. The second kappa shape index (κ2) is 8.33. The molecule has 0 spiro atoms. The summed E-state index contributed by atoms with van der Waals surface area (Å²) in [5, 5.41) is 2.93. The lowest BCUT2D eigenvalue weighted by Gasteiger charge is -2.14. The maximum atomic E-state index is 12.4. The third-order valence-electron chi connectivity index (χ3n) is 4.50. The van der Waals surface area contributed by atoms with E-state index in [9.17, 15) is 4.79 Å². The van der Waals surface area contributed by atoms with Crippen LogP contribution in [-0.4, -0.2) is 25.2 Å². The van der Waals surface area contributed by atoms with Crippen molar-refractivity contribution in [3.8, 4) is 17.2 Å². The number of rotatable bonds is 7. The number of amides is 1. The number of fused-ring (bicyclic) bond motifs is 1. The molecule has 5 heteroatoms. The maximum Gasteiger partial charge on any atom is 0.227 e. The smallest absolute Gasteiger partial charge is 0.227 e. The Morgan fingerprint density at radius 1 is 1.19 bits per heavy atom. The number of aryl methyl sites for hydroxylation is 2. The lowest BCUT2D eigenvalue weighted by Crippen LogP contribution is -2.16. The third kappa shape index (κ3) is 4.73. The van der Waals surface area contributed by atoms with E-state index in [-0.39, 0.29) is 18.4 Å². The van der Waals surface area contributed by atoms with Crippen molar-refractivity contribution in [2.24, 2.45) is 0 Å². The predicted molar refractivity (Wildman–Crippen MR) is 106 cm³/mol. The van der Waals surface area contributed by atoms with Gasteiger partial charge in [0.15, 0.2) is 0 Å². The van der Waals surface area contributed by atoms with Crippen LogP contribution in [0.1, 0.15) is 37.0 Å². The van der Waals surface area contributed by atoms with Gasteiger partial charge in [-0.25, -0.2) is 0 Å². The molecule has 2 aromatic rings. The molecule has 1 atom stereocenters. The Labute approximate surface area is 160 Å². The summed E-state index contributed by atoms with van der Waals surface area (Å²) in [7, 11) is 0. The van der Waals surface area contributed by atoms with Crippen LogP contribution >= 0.6 is 0 Å². The molecule has 0 aliphatic carbocycles. The molecule has 27 heavy (non-hydrogen) atoms. The summed E-state index contributed by atoms with van der Waals surface area (Å²) >= 11 is 0. The molecule has 1 aliphatic rings. The van der Waals surface area contributed by atoms with Gasteiger partial charge >= 0.3 is 0 Å². The molecule has 1 aliphatic heterocycles. The first-order valence-corrected chi connectivity index (χ1v) is 9.42. The molecule has 0 fully saturated rings. The number of benzene rings is 2. The molecule has 0 saturated carbocycles. The zero-order valence-electron chi connectivity index (χ0n) is 16.4. The van der Waals surface area contributed by atoms with Crippen molar-refractivity contribution in [3.63, 3.8) is 0 Å². The average Bonchev–Trinajstić information content (AvgIpc) is 2.97. The molecular weight excluding hydrogens is 342 g/mol. The summed E-state index contributed by atoms with van der Waals surface area (Å²) < 4.78 is 17.3. The number of carbonyl (C=O) groups excluding carboxylic acids is 1. The SMILES string of the molecule is CCOc1cc2c(cc1NC(=O)CCOc1cc(C)ccc1C)OC(C)C2. The predicted octanol–water partition coefficient (Wildman–Crippen LogP) is 4.43. The quantitative estimate of drug-likeness (QED) is 0.784. The molecule has 1 unspecified atom stereocenters. The van der Waals surface area contributed by atoms with Gasteiger partial charge in [-0.2, -0.15) is 0 Å². The van der Waals surface area contributed by atoms with Gasteiger partial charge in [-0.15, -0.1) is 0 Å². The highest BCUT2D eigenvalue weighted by atomic mass is 16.5. The molecular formula is C22H27NO4. The van der Waals surface area contributed by atoms with Gasteiger partial charge in [-0.3, -0.25) is 4.79 Å².